The normalized spacial score (nSPS) is 22.1. The molecule has 2 aliphatic rings. The summed E-state index contributed by atoms with van der Waals surface area (Å²) in [5.74, 6) is 1.30. The average molecular weight is 391 g/mol. The van der Waals surface area contributed by atoms with E-state index >= 15 is 0 Å². The summed E-state index contributed by atoms with van der Waals surface area (Å²) in [6.45, 7) is 2.04. The fourth-order valence-corrected chi connectivity index (χ4v) is 4.07. The SMILES string of the molecule is COc1ccc(C(=O)N2CCN(C(=O)C3CCC(N)C3)CC2)c(OC)c1OC. The van der Waals surface area contributed by atoms with Gasteiger partial charge in [0.1, 0.15) is 0 Å². The van der Waals surface area contributed by atoms with E-state index in [1.807, 2.05) is 4.90 Å². The average Bonchev–Trinajstić information content (AvgIpc) is 3.17. The molecular weight excluding hydrogens is 362 g/mol. The highest BCUT2D eigenvalue weighted by molar-refractivity contribution is 5.98. The predicted molar refractivity (Wildman–Crippen MR) is 104 cm³/mol. The van der Waals surface area contributed by atoms with Crippen LogP contribution in [-0.2, 0) is 4.79 Å². The first-order valence-electron chi connectivity index (χ1n) is 9.62. The van der Waals surface area contributed by atoms with Gasteiger partial charge in [-0.25, -0.2) is 0 Å². The third-order valence-corrected chi connectivity index (χ3v) is 5.64. The van der Waals surface area contributed by atoms with Crippen molar-refractivity contribution in [2.75, 3.05) is 47.5 Å². The zero-order chi connectivity index (χ0) is 20.3. The van der Waals surface area contributed by atoms with Crippen LogP contribution in [-0.4, -0.2) is 75.2 Å². The van der Waals surface area contributed by atoms with Crippen LogP contribution in [0.3, 0.4) is 0 Å². The van der Waals surface area contributed by atoms with Crippen molar-refractivity contribution >= 4 is 11.8 Å². The van der Waals surface area contributed by atoms with E-state index in [2.05, 4.69) is 0 Å². The lowest BCUT2D eigenvalue weighted by molar-refractivity contribution is -0.136. The number of hydrogen-bond donors (Lipinski definition) is 1. The number of methoxy groups -OCH3 is 3. The number of amides is 2. The van der Waals surface area contributed by atoms with Gasteiger partial charge >= 0.3 is 0 Å². The second-order valence-corrected chi connectivity index (χ2v) is 7.27. The summed E-state index contributed by atoms with van der Waals surface area (Å²) in [6, 6.07) is 3.51. The monoisotopic (exact) mass is 391 g/mol. The maximum absolute atomic E-state index is 13.1. The number of hydrogen-bond acceptors (Lipinski definition) is 6. The van der Waals surface area contributed by atoms with Crippen LogP contribution in [0.1, 0.15) is 29.6 Å². The molecule has 0 spiro atoms. The molecule has 2 atom stereocenters. The topological polar surface area (TPSA) is 94.3 Å². The summed E-state index contributed by atoms with van der Waals surface area (Å²) in [4.78, 5) is 29.3. The maximum Gasteiger partial charge on any atom is 0.257 e. The van der Waals surface area contributed by atoms with E-state index < -0.39 is 0 Å². The molecule has 8 heteroatoms. The van der Waals surface area contributed by atoms with E-state index in [-0.39, 0.29) is 23.8 Å². The van der Waals surface area contributed by atoms with Gasteiger partial charge in [0, 0.05) is 38.1 Å². The molecule has 3 rings (SSSR count). The fourth-order valence-electron chi connectivity index (χ4n) is 4.07. The number of piperazine rings is 1. The van der Waals surface area contributed by atoms with Gasteiger partial charge < -0.3 is 29.7 Å². The Morgan fingerprint density at radius 3 is 2.11 bits per heavy atom. The molecule has 1 aliphatic heterocycles. The lowest BCUT2D eigenvalue weighted by Crippen LogP contribution is -2.51. The molecule has 0 radical (unpaired) electrons. The molecule has 1 saturated heterocycles. The first-order chi connectivity index (χ1) is 13.5. The van der Waals surface area contributed by atoms with E-state index in [9.17, 15) is 9.59 Å². The van der Waals surface area contributed by atoms with Gasteiger partial charge in [-0.15, -0.1) is 0 Å². The third kappa shape index (κ3) is 3.87. The predicted octanol–water partition coefficient (Wildman–Crippen LogP) is 1.12. The minimum absolute atomic E-state index is 0.0307. The molecule has 2 N–H and O–H groups in total. The molecule has 2 unspecified atom stereocenters. The highest BCUT2D eigenvalue weighted by Crippen LogP contribution is 2.40. The summed E-state index contributed by atoms with van der Waals surface area (Å²) in [5, 5.41) is 0. The van der Waals surface area contributed by atoms with Crippen molar-refractivity contribution in [1.29, 1.82) is 0 Å². The zero-order valence-corrected chi connectivity index (χ0v) is 16.8. The van der Waals surface area contributed by atoms with Gasteiger partial charge in [0.15, 0.2) is 11.5 Å². The van der Waals surface area contributed by atoms with Gasteiger partial charge in [-0.1, -0.05) is 0 Å². The second kappa shape index (κ2) is 8.68. The molecule has 1 aromatic rings. The van der Waals surface area contributed by atoms with Crippen molar-refractivity contribution in [3.05, 3.63) is 17.7 Å². The van der Waals surface area contributed by atoms with Crippen LogP contribution in [0.2, 0.25) is 0 Å². The highest BCUT2D eigenvalue weighted by atomic mass is 16.5. The van der Waals surface area contributed by atoms with Gasteiger partial charge in [0.2, 0.25) is 11.7 Å². The number of nitrogens with zero attached hydrogens (tertiary/aromatic N) is 2. The third-order valence-electron chi connectivity index (χ3n) is 5.64. The number of carbonyl (C=O) groups is 2. The Kier molecular flexibility index (Phi) is 6.28. The minimum Gasteiger partial charge on any atom is -0.493 e. The Labute approximate surface area is 165 Å². The van der Waals surface area contributed by atoms with Crippen LogP contribution in [0.25, 0.3) is 0 Å². The van der Waals surface area contributed by atoms with Crippen molar-refractivity contribution in [2.45, 2.75) is 25.3 Å². The minimum atomic E-state index is -0.146. The number of benzene rings is 1. The molecule has 0 bridgehead atoms. The number of nitrogens with two attached hydrogens (primary N) is 1. The first-order valence-corrected chi connectivity index (χ1v) is 9.62. The summed E-state index contributed by atoms with van der Waals surface area (Å²) < 4.78 is 16.1. The van der Waals surface area contributed by atoms with E-state index in [1.54, 1.807) is 17.0 Å². The Hall–Kier alpha value is -2.48. The number of carbonyl (C=O) groups excluding carboxylic acids is 2. The molecular formula is C20H29N3O5. The Balaban J connectivity index is 1.68. The van der Waals surface area contributed by atoms with E-state index in [1.165, 1.54) is 21.3 Å². The summed E-state index contributed by atoms with van der Waals surface area (Å²) in [5.41, 5.74) is 6.35. The van der Waals surface area contributed by atoms with Crippen LogP contribution in [0.15, 0.2) is 12.1 Å². The van der Waals surface area contributed by atoms with Crippen LogP contribution in [0, 0.1) is 5.92 Å². The highest BCUT2D eigenvalue weighted by Gasteiger charge is 2.34. The molecule has 154 valence electrons. The molecule has 1 saturated carbocycles. The van der Waals surface area contributed by atoms with Gasteiger partial charge in [-0.2, -0.15) is 0 Å². The van der Waals surface area contributed by atoms with Gasteiger partial charge in [-0.3, -0.25) is 9.59 Å². The lowest BCUT2D eigenvalue weighted by atomic mass is 10.1. The first kappa shape index (κ1) is 20.3. The molecule has 8 nitrogen and oxygen atoms in total. The van der Waals surface area contributed by atoms with Gasteiger partial charge in [0.05, 0.1) is 26.9 Å². The van der Waals surface area contributed by atoms with Gasteiger partial charge in [0.25, 0.3) is 5.91 Å². The van der Waals surface area contributed by atoms with Crippen molar-refractivity contribution < 1.29 is 23.8 Å². The van der Waals surface area contributed by atoms with Crippen LogP contribution in [0.4, 0.5) is 0 Å². The zero-order valence-electron chi connectivity index (χ0n) is 16.8. The Bertz CT molecular complexity index is 731. The fraction of sp³-hybridized carbons (Fsp3) is 0.600. The molecule has 1 aromatic carbocycles. The van der Waals surface area contributed by atoms with Crippen molar-refractivity contribution in [2.24, 2.45) is 11.7 Å². The molecule has 2 amide bonds. The molecule has 1 aliphatic carbocycles. The van der Waals surface area contributed by atoms with Gasteiger partial charge in [-0.05, 0) is 31.4 Å². The summed E-state index contributed by atoms with van der Waals surface area (Å²) in [6.07, 6.45) is 2.54. The molecule has 1 heterocycles. The Morgan fingerprint density at radius 2 is 1.57 bits per heavy atom. The molecule has 0 aromatic heterocycles. The smallest absolute Gasteiger partial charge is 0.257 e. The quantitative estimate of drug-likeness (QED) is 0.809. The van der Waals surface area contributed by atoms with E-state index in [4.69, 9.17) is 19.9 Å². The van der Waals surface area contributed by atoms with Crippen molar-refractivity contribution in [3.8, 4) is 17.2 Å². The van der Waals surface area contributed by atoms with Crippen LogP contribution < -0.4 is 19.9 Å². The molecule has 2 fully saturated rings. The maximum atomic E-state index is 13.1. The lowest BCUT2D eigenvalue weighted by Gasteiger charge is -2.36. The molecule has 28 heavy (non-hydrogen) atoms. The second-order valence-electron chi connectivity index (χ2n) is 7.27. The standard InChI is InChI=1S/C20H29N3O5/c1-26-16-7-6-15(17(27-2)18(16)28-3)20(25)23-10-8-22(9-11-23)19(24)13-4-5-14(21)12-13/h6-7,13-14H,4-5,8-12,21H2,1-3H3. The summed E-state index contributed by atoms with van der Waals surface area (Å²) in [7, 11) is 4.54. The Morgan fingerprint density at radius 1 is 0.929 bits per heavy atom. The van der Waals surface area contributed by atoms with Crippen LogP contribution >= 0.6 is 0 Å². The summed E-state index contributed by atoms with van der Waals surface area (Å²) >= 11 is 0. The van der Waals surface area contributed by atoms with Crippen LogP contribution in [0.5, 0.6) is 17.2 Å². The van der Waals surface area contributed by atoms with Crippen molar-refractivity contribution in [3.63, 3.8) is 0 Å². The number of rotatable bonds is 5. The van der Waals surface area contributed by atoms with E-state index in [0.29, 0.717) is 49.0 Å². The number of ether oxygens (including phenoxy) is 3. The largest absolute Gasteiger partial charge is 0.493 e. The van der Waals surface area contributed by atoms with E-state index in [0.717, 1.165) is 19.3 Å². The van der Waals surface area contributed by atoms with Crippen molar-refractivity contribution in [1.82, 2.24) is 9.80 Å².